The van der Waals surface area contributed by atoms with Gasteiger partial charge in [-0.25, -0.2) is 8.42 Å². The van der Waals surface area contributed by atoms with Crippen LogP contribution in [0.15, 0.2) is 53.4 Å². The van der Waals surface area contributed by atoms with E-state index in [2.05, 4.69) is 10.1 Å². The number of hydrogen-bond donors (Lipinski definition) is 1. The Morgan fingerprint density at radius 1 is 1.06 bits per heavy atom. The number of benzene rings is 2. The summed E-state index contributed by atoms with van der Waals surface area (Å²) in [5.41, 5.74) is 0.752. The fourth-order valence-corrected chi connectivity index (χ4v) is 4.94. The molecule has 3 rings (SSSR count). The van der Waals surface area contributed by atoms with Gasteiger partial charge in [0.25, 0.3) is 5.91 Å². The minimum Gasteiger partial charge on any atom is -0.406 e. The number of carbonyl (C=O) groups is 1. The molecule has 0 aromatic heterocycles. The number of sulfonamides is 1. The van der Waals surface area contributed by atoms with Gasteiger partial charge in [0, 0.05) is 18.7 Å². The summed E-state index contributed by atoms with van der Waals surface area (Å²) in [5.74, 6) is -0.843. The Morgan fingerprint density at radius 3 is 2.32 bits per heavy atom. The maximum atomic E-state index is 12.8. The molecule has 0 bridgehead atoms. The summed E-state index contributed by atoms with van der Waals surface area (Å²) in [7, 11) is -3.67. The smallest absolute Gasteiger partial charge is 0.406 e. The molecule has 0 spiro atoms. The monoisotopic (exact) mass is 456 g/mol. The first-order valence-electron chi connectivity index (χ1n) is 9.83. The normalized spacial score (nSPS) is 16.5. The van der Waals surface area contributed by atoms with Gasteiger partial charge >= 0.3 is 6.36 Å². The summed E-state index contributed by atoms with van der Waals surface area (Å²) in [4.78, 5) is 12.7. The number of halogens is 3. The third kappa shape index (κ3) is 5.98. The van der Waals surface area contributed by atoms with Crippen molar-refractivity contribution in [2.24, 2.45) is 0 Å². The van der Waals surface area contributed by atoms with Crippen molar-refractivity contribution in [2.75, 3.05) is 13.1 Å². The van der Waals surface area contributed by atoms with E-state index in [1.54, 1.807) is 6.92 Å². The van der Waals surface area contributed by atoms with Gasteiger partial charge in [0.15, 0.2) is 0 Å². The van der Waals surface area contributed by atoms with Crippen LogP contribution in [0.25, 0.3) is 0 Å². The van der Waals surface area contributed by atoms with Crippen molar-refractivity contribution in [1.29, 1.82) is 0 Å². The second-order valence-corrected chi connectivity index (χ2v) is 9.24. The first kappa shape index (κ1) is 23.1. The van der Waals surface area contributed by atoms with Gasteiger partial charge in [0.05, 0.1) is 10.9 Å². The zero-order valence-corrected chi connectivity index (χ0v) is 17.7. The number of carbonyl (C=O) groups excluding carboxylic acids is 1. The summed E-state index contributed by atoms with van der Waals surface area (Å²) in [6.07, 6.45) is -2.16. The number of nitrogens with one attached hydrogen (secondary N) is 1. The summed E-state index contributed by atoms with van der Waals surface area (Å²) in [6.45, 7) is 2.60. The highest BCUT2D eigenvalue weighted by molar-refractivity contribution is 7.89. The van der Waals surface area contributed by atoms with Gasteiger partial charge in [-0.15, -0.1) is 13.2 Å². The van der Waals surface area contributed by atoms with E-state index in [-0.39, 0.29) is 16.2 Å². The molecule has 1 N–H and O–H groups in total. The molecule has 0 saturated carbocycles. The largest absolute Gasteiger partial charge is 0.573 e. The van der Waals surface area contributed by atoms with Gasteiger partial charge in [-0.05, 0) is 55.7 Å². The molecule has 1 unspecified atom stereocenters. The van der Waals surface area contributed by atoms with Crippen LogP contribution in [0.5, 0.6) is 5.75 Å². The fraction of sp³-hybridized carbons (Fsp3) is 0.381. The van der Waals surface area contributed by atoms with Crippen LogP contribution < -0.4 is 10.1 Å². The third-order valence-electron chi connectivity index (χ3n) is 5.01. The van der Waals surface area contributed by atoms with Crippen LogP contribution in [0.3, 0.4) is 0 Å². The number of alkyl halides is 3. The Kier molecular flexibility index (Phi) is 6.90. The van der Waals surface area contributed by atoms with Crippen molar-refractivity contribution >= 4 is 15.9 Å². The lowest BCUT2D eigenvalue weighted by molar-refractivity contribution is -0.274. The molecule has 168 valence electrons. The van der Waals surface area contributed by atoms with Crippen LogP contribution in [-0.2, 0) is 10.0 Å². The fourth-order valence-electron chi connectivity index (χ4n) is 3.37. The number of nitrogens with zero attached hydrogens (tertiary/aromatic N) is 1. The number of amides is 1. The quantitative estimate of drug-likeness (QED) is 0.705. The van der Waals surface area contributed by atoms with E-state index in [4.69, 9.17) is 0 Å². The van der Waals surface area contributed by atoms with Crippen molar-refractivity contribution in [2.45, 2.75) is 43.5 Å². The first-order chi connectivity index (χ1) is 14.6. The molecule has 6 nitrogen and oxygen atoms in total. The van der Waals surface area contributed by atoms with Crippen LogP contribution in [0.2, 0.25) is 0 Å². The SMILES string of the molecule is CC(NC(=O)c1cccc(S(=O)(=O)N2CCCCC2)c1)c1ccc(OC(F)(F)F)cc1. The molecule has 2 aromatic rings. The average molecular weight is 456 g/mol. The Morgan fingerprint density at radius 2 is 1.71 bits per heavy atom. The maximum absolute atomic E-state index is 12.8. The minimum absolute atomic E-state index is 0.0587. The summed E-state index contributed by atoms with van der Waals surface area (Å²) in [6, 6.07) is 10.5. The molecular weight excluding hydrogens is 433 g/mol. The Balaban J connectivity index is 1.70. The van der Waals surface area contributed by atoms with E-state index in [9.17, 15) is 26.4 Å². The lowest BCUT2D eigenvalue weighted by atomic mass is 10.1. The molecule has 1 fully saturated rings. The molecule has 31 heavy (non-hydrogen) atoms. The van der Waals surface area contributed by atoms with Crippen molar-refractivity contribution in [3.8, 4) is 5.75 Å². The van der Waals surface area contributed by atoms with E-state index in [1.807, 2.05) is 0 Å². The molecule has 2 aromatic carbocycles. The molecule has 1 heterocycles. The second kappa shape index (κ2) is 9.27. The summed E-state index contributed by atoms with van der Waals surface area (Å²) < 4.78 is 67.8. The number of ether oxygens (including phenoxy) is 1. The molecular formula is C21H23F3N2O4S. The number of rotatable bonds is 6. The first-order valence-corrected chi connectivity index (χ1v) is 11.3. The predicted octanol–water partition coefficient (Wildman–Crippen LogP) is 4.25. The summed E-state index contributed by atoms with van der Waals surface area (Å²) in [5, 5.41) is 2.73. The molecule has 1 aliphatic heterocycles. The molecule has 10 heteroatoms. The zero-order valence-electron chi connectivity index (χ0n) is 16.9. The predicted molar refractivity (Wildman–Crippen MR) is 108 cm³/mol. The van der Waals surface area contributed by atoms with Crippen LogP contribution in [0.4, 0.5) is 13.2 Å². The van der Waals surface area contributed by atoms with E-state index in [1.165, 1.54) is 40.7 Å². The van der Waals surface area contributed by atoms with Crippen molar-refractivity contribution in [1.82, 2.24) is 9.62 Å². The molecule has 0 radical (unpaired) electrons. The molecule has 1 amide bonds. The van der Waals surface area contributed by atoms with Gasteiger partial charge in [0.2, 0.25) is 10.0 Å². The van der Waals surface area contributed by atoms with Gasteiger partial charge in [-0.2, -0.15) is 4.31 Å². The molecule has 0 aliphatic carbocycles. The van der Waals surface area contributed by atoms with Crippen molar-refractivity contribution in [3.05, 3.63) is 59.7 Å². The van der Waals surface area contributed by atoms with Gasteiger partial charge in [0.1, 0.15) is 5.75 Å². The maximum Gasteiger partial charge on any atom is 0.573 e. The number of piperidine rings is 1. The zero-order chi connectivity index (χ0) is 22.6. The van der Waals surface area contributed by atoms with Crippen molar-refractivity contribution in [3.63, 3.8) is 0 Å². The van der Waals surface area contributed by atoms with E-state index in [0.29, 0.717) is 18.7 Å². The van der Waals surface area contributed by atoms with Crippen molar-refractivity contribution < 1.29 is 31.1 Å². The Labute approximate surface area is 179 Å². The van der Waals surface area contributed by atoms with E-state index in [0.717, 1.165) is 31.4 Å². The van der Waals surface area contributed by atoms with E-state index < -0.39 is 28.3 Å². The molecule has 1 saturated heterocycles. The Hall–Kier alpha value is -2.59. The van der Waals surface area contributed by atoms with Crippen LogP contribution in [-0.4, -0.2) is 38.1 Å². The number of hydrogen-bond acceptors (Lipinski definition) is 4. The highest BCUT2D eigenvalue weighted by atomic mass is 32.2. The van der Waals surface area contributed by atoms with E-state index >= 15 is 0 Å². The van der Waals surface area contributed by atoms with Gasteiger partial charge in [-0.3, -0.25) is 4.79 Å². The molecule has 1 atom stereocenters. The second-order valence-electron chi connectivity index (χ2n) is 7.30. The topological polar surface area (TPSA) is 75.7 Å². The van der Waals surface area contributed by atoms with Gasteiger partial charge in [-0.1, -0.05) is 24.6 Å². The highest BCUT2D eigenvalue weighted by Crippen LogP contribution is 2.25. The van der Waals surface area contributed by atoms with Crippen LogP contribution >= 0.6 is 0 Å². The molecule has 1 aliphatic rings. The van der Waals surface area contributed by atoms with Gasteiger partial charge < -0.3 is 10.1 Å². The lowest BCUT2D eigenvalue weighted by Crippen LogP contribution is -2.35. The summed E-state index contributed by atoms with van der Waals surface area (Å²) >= 11 is 0. The minimum atomic E-state index is -4.78. The lowest BCUT2D eigenvalue weighted by Gasteiger charge is -2.26. The highest BCUT2D eigenvalue weighted by Gasteiger charge is 2.31. The Bertz CT molecular complexity index is 1020. The average Bonchev–Trinajstić information content (AvgIpc) is 2.73. The third-order valence-corrected chi connectivity index (χ3v) is 6.90. The van der Waals surface area contributed by atoms with Crippen LogP contribution in [0.1, 0.15) is 48.1 Å². The van der Waals surface area contributed by atoms with Crippen LogP contribution in [0, 0.1) is 0 Å². The standard InChI is InChI=1S/C21H23F3N2O4S/c1-15(16-8-10-18(11-9-16)30-21(22,23)24)25-20(27)17-6-5-7-19(14-17)31(28,29)26-12-3-2-4-13-26/h5-11,14-15H,2-4,12-13H2,1H3,(H,25,27).